The van der Waals surface area contributed by atoms with E-state index in [1.807, 2.05) is 25.1 Å². The number of pyridine rings is 1. The zero-order valence-corrected chi connectivity index (χ0v) is 11.3. The predicted octanol–water partition coefficient (Wildman–Crippen LogP) is 3.05. The van der Waals surface area contributed by atoms with Crippen molar-refractivity contribution in [1.82, 2.24) is 10.3 Å². The highest BCUT2D eigenvalue weighted by Crippen LogP contribution is 2.41. The number of aromatic nitrogens is 1. The molecule has 0 radical (unpaired) electrons. The van der Waals surface area contributed by atoms with E-state index in [9.17, 15) is 4.39 Å². The van der Waals surface area contributed by atoms with Crippen molar-refractivity contribution < 1.29 is 9.13 Å². The lowest BCUT2D eigenvalue weighted by molar-refractivity contribution is 0.298. The molecule has 1 N–H and O–H groups in total. The van der Waals surface area contributed by atoms with Gasteiger partial charge in [0.05, 0.1) is 12.8 Å². The number of hydrogen-bond acceptors (Lipinski definition) is 3. The van der Waals surface area contributed by atoms with Gasteiger partial charge in [-0.25, -0.2) is 4.39 Å². The second-order valence-electron chi connectivity index (χ2n) is 4.89. The molecule has 2 unspecified atom stereocenters. The lowest BCUT2D eigenvalue weighted by Gasteiger charge is -2.24. The Labute approximate surface area is 117 Å². The fourth-order valence-corrected chi connectivity index (χ4v) is 2.79. The molecule has 2 heterocycles. The summed E-state index contributed by atoms with van der Waals surface area (Å²) in [6.07, 6.45) is 2.89. The number of halogens is 1. The largest absolute Gasteiger partial charge is 0.493 e. The summed E-state index contributed by atoms with van der Waals surface area (Å²) in [7, 11) is 0. The topological polar surface area (TPSA) is 34.2 Å². The zero-order chi connectivity index (χ0) is 13.9. The standard InChI is InChI=1S/C16H17FN2O/c1-2-19-16(12-7-8-18-9-14(12)17)13-10-20-15-6-4-3-5-11(13)15/h3-9,13,16,19H,2,10H2,1H3. The van der Waals surface area contributed by atoms with Crippen LogP contribution in [0.1, 0.15) is 30.0 Å². The number of ether oxygens (including phenoxy) is 1. The molecule has 0 amide bonds. The number of rotatable bonds is 4. The van der Waals surface area contributed by atoms with E-state index in [4.69, 9.17) is 4.74 Å². The Morgan fingerprint density at radius 2 is 2.25 bits per heavy atom. The average molecular weight is 272 g/mol. The van der Waals surface area contributed by atoms with E-state index >= 15 is 0 Å². The van der Waals surface area contributed by atoms with Crippen molar-refractivity contribution in [3.05, 3.63) is 59.7 Å². The second kappa shape index (κ2) is 5.59. The molecule has 0 aliphatic carbocycles. The third-order valence-electron chi connectivity index (χ3n) is 3.70. The fraction of sp³-hybridized carbons (Fsp3) is 0.312. The Morgan fingerprint density at radius 3 is 3.05 bits per heavy atom. The Bertz CT molecular complexity index is 603. The van der Waals surface area contributed by atoms with Gasteiger partial charge in [-0.1, -0.05) is 25.1 Å². The first-order chi connectivity index (χ1) is 9.81. The van der Waals surface area contributed by atoms with Crippen LogP contribution >= 0.6 is 0 Å². The third kappa shape index (κ3) is 2.27. The van der Waals surface area contributed by atoms with Crippen LogP contribution in [0.4, 0.5) is 4.39 Å². The minimum Gasteiger partial charge on any atom is -0.493 e. The van der Waals surface area contributed by atoms with Gasteiger partial charge in [0.25, 0.3) is 0 Å². The van der Waals surface area contributed by atoms with Crippen LogP contribution in [0.15, 0.2) is 42.7 Å². The zero-order valence-electron chi connectivity index (χ0n) is 11.3. The molecule has 2 atom stereocenters. The van der Waals surface area contributed by atoms with Crippen LogP contribution in [-0.4, -0.2) is 18.1 Å². The molecule has 2 aromatic rings. The van der Waals surface area contributed by atoms with Crippen molar-refractivity contribution in [1.29, 1.82) is 0 Å². The first-order valence-corrected chi connectivity index (χ1v) is 6.85. The number of para-hydroxylation sites is 1. The van der Waals surface area contributed by atoms with Gasteiger partial charge in [0.2, 0.25) is 0 Å². The molecule has 1 aliphatic rings. The Balaban J connectivity index is 1.99. The molecule has 1 aromatic heterocycles. The molecule has 0 bridgehead atoms. The summed E-state index contributed by atoms with van der Waals surface area (Å²) < 4.78 is 19.8. The Kier molecular flexibility index (Phi) is 3.65. The SMILES string of the molecule is CCNC(c1ccncc1F)C1COc2ccccc21. The van der Waals surface area contributed by atoms with E-state index in [0.29, 0.717) is 12.2 Å². The molecule has 0 fully saturated rings. The molecule has 0 spiro atoms. The van der Waals surface area contributed by atoms with E-state index in [1.165, 1.54) is 6.20 Å². The van der Waals surface area contributed by atoms with Crippen molar-refractivity contribution >= 4 is 0 Å². The number of hydrogen-bond donors (Lipinski definition) is 1. The first-order valence-electron chi connectivity index (χ1n) is 6.85. The molecule has 3 rings (SSSR count). The molecular weight excluding hydrogens is 255 g/mol. The van der Waals surface area contributed by atoms with Gasteiger partial charge in [-0.15, -0.1) is 0 Å². The number of nitrogens with zero attached hydrogens (tertiary/aromatic N) is 1. The van der Waals surface area contributed by atoms with Gasteiger partial charge in [0.15, 0.2) is 0 Å². The molecule has 4 heteroatoms. The van der Waals surface area contributed by atoms with Crippen molar-refractivity contribution in [3.63, 3.8) is 0 Å². The number of nitrogens with one attached hydrogen (secondary N) is 1. The molecule has 0 saturated heterocycles. The van der Waals surface area contributed by atoms with E-state index in [2.05, 4.69) is 16.4 Å². The van der Waals surface area contributed by atoms with Gasteiger partial charge in [-0.3, -0.25) is 4.98 Å². The van der Waals surface area contributed by atoms with E-state index in [0.717, 1.165) is 17.9 Å². The van der Waals surface area contributed by atoms with Crippen LogP contribution in [0.5, 0.6) is 5.75 Å². The summed E-state index contributed by atoms with van der Waals surface area (Å²) >= 11 is 0. The van der Waals surface area contributed by atoms with E-state index in [1.54, 1.807) is 12.3 Å². The van der Waals surface area contributed by atoms with Gasteiger partial charge in [-0.05, 0) is 18.7 Å². The molecule has 1 aromatic carbocycles. The highest BCUT2D eigenvalue weighted by molar-refractivity contribution is 5.42. The third-order valence-corrected chi connectivity index (χ3v) is 3.70. The van der Waals surface area contributed by atoms with Crippen LogP contribution in [0.3, 0.4) is 0 Å². The smallest absolute Gasteiger partial charge is 0.146 e. The minimum atomic E-state index is -0.275. The quantitative estimate of drug-likeness (QED) is 0.929. The Hall–Kier alpha value is -1.94. The van der Waals surface area contributed by atoms with Gasteiger partial charge >= 0.3 is 0 Å². The summed E-state index contributed by atoms with van der Waals surface area (Å²) in [5.41, 5.74) is 1.78. The van der Waals surface area contributed by atoms with Crippen molar-refractivity contribution in [2.24, 2.45) is 0 Å². The molecule has 0 saturated carbocycles. The summed E-state index contributed by atoms with van der Waals surface area (Å²) in [4.78, 5) is 3.82. The van der Waals surface area contributed by atoms with Gasteiger partial charge < -0.3 is 10.1 Å². The molecule has 1 aliphatic heterocycles. The van der Waals surface area contributed by atoms with E-state index in [-0.39, 0.29) is 17.8 Å². The van der Waals surface area contributed by atoms with Crippen molar-refractivity contribution in [2.75, 3.05) is 13.2 Å². The highest BCUT2D eigenvalue weighted by Gasteiger charge is 2.33. The van der Waals surface area contributed by atoms with Crippen LogP contribution in [-0.2, 0) is 0 Å². The normalized spacial score (nSPS) is 18.4. The molecule has 104 valence electrons. The van der Waals surface area contributed by atoms with Crippen LogP contribution in [0.2, 0.25) is 0 Å². The van der Waals surface area contributed by atoms with Crippen LogP contribution in [0, 0.1) is 5.82 Å². The summed E-state index contributed by atoms with van der Waals surface area (Å²) in [6.45, 7) is 3.36. The monoisotopic (exact) mass is 272 g/mol. The maximum atomic E-state index is 14.0. The molecule has 3 nitrogen and oxygen atoms in total. The second-order valence-corrected chi connectivity index (χ2v) is 4.89. The fourth-order valence-electron chi connectivity index (χ4n) is 2.79. The Morgan fingerprint density at radius 1 is 1.40 bits per heavy atom. The number of fused-ring (bicyclic) bond motifs is 1. The number of likely N-dealkylation sites (N-methyl/N-ethyl adjacent to an activating group) is 1. The lowest BCUT2D eigenvalue weighted by atomic mass is 9.88. The first kappa shape index (κ1) is 13.1. The number of benzene rings is 1. The summed E-state index contributed by atoms with van der Waals surface area (Å²) in [5, 5.41) is 3.37. The maximum Gasteiger partial charge on any atom is 0.146 e. The van der Waals surface area contributed by atoms with Crippen LogP contribution < -0.4 is 10.1 Å². The van der Waals surface area contributed by atoms with E-state index < -0.39 is 0 Å². The average Bonchev–Trinajstić information content (AvgIpc) is 2.90. The minimum absolute atomic E-state index is 0.105. The predicted molar refractivity (Wildman–Crippen MR) is 75.3 cm³/mol. The summed E-state index contributed by atoms with van der Waals surface area (Å²) in [6, 6.07) is 9.59. The lowest BCUT2D eigenvalue weighted by Crippen LogP contribution is -2.28. The van der Waals surface area contributed by atoms with Crippen molar-refractivity contribution in [2.45, 2.75) is 18.9 Å². The molecular formula is C16H17FN2O. The van der Waals surface area contributed by atoms with Crippen LogP contribution in [0.25, 0.3) is 0 Å². The summed E-state index contributed by atoms with van der Waals surface area (Å²) in [5.74, 6) is 0.737. The van der Waals surface area contributed by atoms with Gasteiger partial charge in [0.1, 0.15) is 11.6 Å². The highest BCUT2D eigenvalue weighted by atomic mass is 19.1. The van der Waals surface area contributed by atoms with Gasteiger partial charge in [0, 0.05) is 29.3 Å². The van der Waals surface area contributed by atoms with Gasteiger partial charge in [-0.2, -0.15) is 0 Å². The van der Waals surface area contributed by atoms with Crippen molar-refractivity contribution in [3.8, 4) is 5.75 Å². The maximum absolute atomic E-state index is 14.0. The molecule has 20 heavy (non-hydrogen) atoms.